The lowest BCUT2D eigenvalue weighted by atomic mass is 9.97. The highest BCUT2D eigenvalue weighted by atomic mass is 32.2. The van der Waals surface area contributed by atoms with Gasteiger partial charge in [0.2, 0.25) is 23.6 Å². The predicted octanol–water partition coefficient (Wildman–Crippen LogP) is 1.61. The predicted molar refractivity (Wildman–Crippen MR) is 186 cm³/mol. The maximum Gasteiger partial charge on any atom is 0.311 e. The van der Waals surface area contributed by atoms with Crippen LogP contribution in [0.4, 0.5) is 5.69 Å². The maximum atomic E-state index is 13.3. The fraction of sp³-hybridized carbons (Fsp3) is 0.559. The third-order valence-electron chi connectivity index (χ3n) is 7.71. The number of hydrogen-bond donors (Lipinski definition) is 5. The second-order valence-corrected chi connectivity index (χ2v) is 15.2. The van der Waals surface area contributed by atoms with Crippen molar-refractivity contribution in [2.45, 2.75) is 98.4 Å². The van der Waals surface area contributed by atoms with Crippen LogP contribution in [0.3, 0.4) is 0 Å². The molecule has 1 aromatic carbocycles. The molecule has 0 bridgehead atoms. The number of carbonyl (C=O) groups is 7. The van der Waals surface area contributed by atoms with Gasteiger partial charge in [-0.15, -0.1) is 0 Å². The molecule has 2 rings (SSSR count). The molecule has 0 spiro atoms. The summed E-state index contributed by atoms with van der Waals surface area (Å²) in [6.07, 6.45) is 3.10. The second kappa shape index (κ2) is 19.1. The molecule has 0 saturated heterocycles. The number of esters is 1. The van der Waals surface area contributed by atoms with E-state index in [1.165, 1.54) is 19.1 Å². The number of anilines is 1. The molecule has 17 heteroatoms. The Labute approximate surface area is 298 Å². The molecule has 16 nitrogen and oxygen atoms in total. The van der Waals surface area contributed by atoms with Gasteiger partial charge in [-0.05, 0) is 70.6 Å². The fourth-order valence-corrected chi connectivity index (χ4v) is 5.18. The first kappa shape index (κ1) is 42.5. The number of nitrogens with one attached hydrogen (secondary N) is 4. The van der Waals surface area contributed by atoms with Crippen LogP contribution in [-0.2, 0) is 55.0 Å². The van der Waals surface area contributed by atoms with Crippen molar-refractivity contribution >= 4 is 57.2 Å². The summed E-state index contributed by atoms with van der Waals surface area (Å²) in [5.41, 5.74) is 0.485. The molecule has 1 aliphatic heterocycles. The summed E-state index contributed by atoms with van der Waals surface area (Å²) in [4.78, 5) is 88.4. The number of hydrogen-bond acceptors (Lipinski definition) is 10. The first-order valence-corrected chi connectivity index (χ1v) is 18.2. The summed E-state index contributed by atoms with van der Waals surface area (Å²) in [5, 5.41) is 10.2. The molecule has 0 unspecified atom stereocenters. The van der Waals surface area contributed by atoms with Crippen LogP contribution in [0.15, 0.2) is 36.4 Å². The molecule has 0 aromatic heterocycles. The highest BCUT2D eigenvalue weighted by Crippen LogP contribution is 2.18. The normalized spacial score (nSPS) is 14.9. The van der Waals surface area contributed by atoms with Crippen LogP contribution < -0.4 is 21.3 Å². The zero-order valence-corrected chi connectivity index (χ0v) is 30.6. The van der Waals surface area contributed by atoms with Gasteiger partial charge in [0.1, 0.15) is 24.7 Å². The molecule has 5 N–H and O–H groups in total. The number of benzene rings is 1. The molecule has 1 heterocycles. The highest BCUT2D eigenvalue weighted by molar-refractivity contribution is 7.85. The van der Waals surface area contributed by atoms with Crippen molar-refractivity contribution in [2.75, 3.05) is 17.6 Å². The zero-order chi connectivity index (χ0) is 38.5. The van der Waals surface area contributed by atoms with E-state index >= 15 is 0 Å². The summed E-state index contributed by atoms with van der Waals surface area (Å²) in [7, 11) is -4.50. The molecule has 0 fully saturated rings. The number of rotatable bonds is 19. The smallest absolute Gasteiger partial charge is 0.311 e. The number of nitrogens with zero attached hydrogens (tertiary/aromatic N) is 1. The Morgan fingerprint density at radius 3 is 2.00 bits per heavy atom. The summed E-state index contributed by atoms with van der Waals surface area (Å²) in [6.45, 7) is 10.2. The lowest BCUT2D eigenvalue weighted by molar-refractivity contribution is -0.154. The summed E-state index contributed by atoms with van der Waals surface area (Å²) in [6, 6.07) is 2.93. The molecule has 3 atom stereocenters. The Kier molecular flexibility index (Phi) is 15.9. The van der Waals surface area contributed by atoms with Gasteiger partial charge in [-0.2, -0.15) is 8.42 Å². The average Bonchev–Trinajstić information content (AvgIpc) is 3.35. The average molecular weight is 736 g/mol. The molecule has 0 saturated carbocycles. The van der Waals surface area contributed by atoms with Crippen molar-refractivity contribution in [2.24, 2.45) is 11.3 Å². The van der Waals surface area contributed by atoms with Crippen molar-refractivity contribution < 1.29 is 51.3 Å². The van der Waals surface area contributed by atoms with E-state index in [1.54, 1.807) is 58.9 Å². The minimum atomic E-state index is -4.50. The summed E-state index contributed by atoms with van der Waals surface area (Å²) < 4.78 is 37.4. The number of imide groups is 1. The van der Waals surface area contributed by atoms with Crippen LogP contribution in [0.25, 0.3) is 0 Å². The van der Waals surface area contributed by atoms with Gasteiger partial charge in [0.05, 0.1) is 11.2 Å². The Balaban J connectivity index is 1.94. The molecular weight excluding hydrogens is 686 g/mol. The summed E-state index contributed by atoms with van der Waals surface area (Å²) in [5.74, 6) is -5.22. The molecule has 0 aliphatic carbocycles. The van der Waals surface area contributed by atoms with Crippen LogP contribution in [0.2, 0.25) is 0 Å². The minimum Gasteiger partial charge on any atom is -0.460 e. The minimum absolute atomic E-state index is 0.0517. The van der Waals surface area contributed by atoms with E-state index in [2.05, 4.69) is 21.3 Å². The van der Waals surface area contributed by atoms with Gasteiger partial charge < -0.3 is 26.0 Å². The Morgan fingerprint density at radius 2 is 1.45 bits per heavy atom. The van der Waals surface area contributed by atoms with Gasteiger partial charge in [-0.25, -0.2) is 0 Å². The fourth-order valence-electron chi connectivity index (χ4n) is 4.64. The largest absolute Gasteiger partial charge is 0.460 e. The Morgan fingerprint density at radius 1 is 0.843 bits per heavy atom. The van der Waals surface area contributed by atoms with Crippen molar-refractivity contribution in [3.63, 3.8) is 0 Å². The molecule has 1 aromatic rings. The van der Waals surface area contributed by atoms with Crippen molar-refractivity contribution in [3.8, 4) is 0 Å². The maximum absolute atomic E-state index is 13.3. The van der Waals surface area contributed by atoms with Gasteiger partial charge in [-0.1, -0.05) is 32.4 Å². The number of unbranched alkanes of at least 4 members (excludes halogenated alkanes) is 2. The van der Waals surface area contributed by atoms with Crippen LogP contribution in [0.5, 0.6) is 0 Å². The lowest BCUT2D eigenvalue weighted by Gasteiger charge is -2.26. The molecule has 1 aliphatic rings. The zero-order valence-electron chi connectivity index (χ0n) is 29.8. The van der Waals surface area contributed by atoms with Gasteiger partial charge in [0, 0.05) is 30.8 Å². The first-order valence-electron chi connectivity index (χ1n) is 16.6. The monoisotopic (exact) mass is 735 g/mol. The molecule has 6 amide bonds. The topological polar surface area (TPSA) is 234 Å². The first-order chi connectivity index (χ1) is 23.7. The number of carbonyl (C=O) groups excluding carboxylic acids is 7. The van der Waals surface area contributed by atoms with Crippen LogP contribution in [0.1, 0.15) is 79.2 Å². The van der Waals surface area contributed by atoms with E-state index in [0.29, 0.717) is 30.5 Å². The molecule has 0 radical (unpaired) electrons. The van der Waals surface area contributed by atoms with Crippen LogP contribution >= 0.6 is 0 Å². The SMILES string of the molecule is CC(C)[C@@H](NC(=O)[C@@H](CCS(=O)(=O)O)NC(=O)CCCCCN1C(=O)C=CC1=O)C(=O)N[C@H](C)C(=O)Nc1ccc(COC(=O)C(C)(C)C)cc1. The summed E-state index contributed by atoms with van der Waals surface area (Å²) >= 11 is 0. The van der Waals surface area contributed by atoms with Gasteiger partial charge in [-0.3, -0.25) is 43.0 Å². The Bertz CT molecular complexity index is 1570. The van der Waals surface area contributed by atoms with Gasteiger partial charge in [0.15, 0.2) is 0 Å². The van der Waals surface area contributed by atoms with Crippen LogP contribution in [-0.4, -0.2) is 89.7 Å². The third-order valence-corrected chi connectivity index (χ3v) is 8.46. The van der Waals surface area contributed by atoms with Gasteiger partial charge >= 0.3 is 5.97 Å². The van der Waals surface area contributed by atoms with Crippen molar-refractivity contribution in [1.82, 2.24) is 20.9 Å². The van der Waals surface area contributed by atoms with Crippen LogP contribution in [0, 0.1) is 11.3 Å². The van der Waals surface area contributed by atoms with E-state index in [-0.39, 0.29) is 25.5 Å². The number of amides is 6. The number of ether oxygens (including phenoxy) is 1. The standard InChI is InChI=1S/C34H49N5O11S/c1-21(2)29(32(45)35-22(3)30(43)36-24-13-11-23(12-14-24)20-50-33(46)34(4,5)6)38-31(44)25(17-19-51(47,48)49)37-26(40)10-8-7-9-18-39-27(41)15-16-28(39)42/h11-16,21-22,25,29H,7-10,17-20H2,1-6H3,(H,35,45)(H,36,43)(H,37,40)(H,38,44)(H,47,48,49)/t22-,25-,29-/m1/s1. The van der Waals surface area contributed by atoms with E-state index in [9.17, 15) is 46.5 Å². The Hall–Kier alpha value is -4.64. The van der Waals surface area contributed by atoms with E-state index in [4.69, 9.17) is 4.74 Å². The van der Waals surface area contributed by atoms with Gasteiger partial charge in [0.25, 0.3) is 21.9 Å². The van der Waals surface area contributed by atoms with E-state index in [0.717, 1.165) is 4.90 Å². The van der Waals surface area contributed by atoms with E-state index < -0.39 is 87.2 Å². The highest BCUT2D eigenvalue weighted by Gasteiger charge is 2.31. The molecular formula is C34H49N5O11S. The second-order valence-electron chi connectivity index (χ2n) is 13.6. The lowest BCUT2D eigenvalue weighted by Crippen LogP contribution is -2.57. The van der Waals surface area contributed by atoms with Crippen molar-refractivity contribution in [1.29, 1.82) is 0 Å². The van der Waals surface area contributed by atoms with E-state index in [1.807, 2.05) is 0 Å². The molecule has 282 valence electrons. The van der Waals surface area contributed by atoms with Crippen molar-refractivity contribution in [3.05, 3.63) is 42.0 Å². The molecule has 51 heavy (non-hydrogen) atoms. The third kappa shape index (κ3) is 15.0. The quantitative estimate of drug-likeness (QED) is 0.0593.